The highest BCUT2D eigenvalue weighted by atomic mass is 32.2. The minimum atomic E-state index is -5.06. The Bertz CT molecular complexity index is 1340. The molecule has 3 aliphatic rings. The molecule has 14 heteroatoms. The number of halogens is 3. The number of nitriles is 1. The Kier molecular flexibility index (Phi) is 7.12. The van der Waals surface area contributed by atoms with Crippen molar-refractivity contribution >= 4 is 33.4 Å². The lowest BCUT2D eigenvalue weighted by atomic mass is 10.1. The summed E-state index contributed by atoms with van der Waals surface area (Å²) in [6.07, 6.45) is -5.13. The molecule has 2 saturated heterocycles. The van der Waals surface area contributed by atoms with Crippen molar-refractivity contribution in [2.45, 2.75) is 86.4 Å². The number of sulfone groups is 1. The minimum Gasteiger partial charge on any atom is -0.444 e. The SMILES string of the molecule is CC(C)(C)OC(=O)N1C[C@H](S(=O)(=O)c2ccc(N3CCCC3=O)cc2C(F)(F)F)C[C@H]1C(=O)NC1(C#N)CC1. The number of alkyl halides is 3. The van der Waals surface area contributed by atoms with Crippen LogP contribution in [0.4, 0.5) is 23.7 Å². The molecule has 39 heavy (non-hydrogen) atoms. The second-order valence-corrected chi connectivity index (χ2v) is 13.3. The fraction of sp³-hybridized carbons (Fsp3) is 0.600. The third kappa shape index (κ3) is 5.83. The van der Waals surface area contributed by atoms with Crippen molar-refractivity contribution in [1.82, 2.24) is 10.2 Å². The van der Waals surface area contributed by atoms with Gasteiger partial charge in [-0.3, -0.25) is 14.5 Å². The Morgan fingerprint density at radius 3 is 2.38 bits per heavy atom. The average molecular weight is 571 g/mol. The van der Waals surface area contributed by atoms with Gasteiger partial charge in [-0.05, 0) is 64.7 Å². The monoisotopic (exact) mass is 570 g/mol. The van der Waals surface area contributed by atoms with Gasteiger partial charge in [0.15, 0.2) is 9.84 Å². The van der Waals surface area contributed by atoms with E-state index in [9.17, 15) is 41.2 Å². The number of amides is 3. The summed E-state index contributed by atoms with van der Waals surface area (Å²) in [6.45, 7) is 4.35. The average Bonchev–Trinajstić information content (AvgIpc) is 3.23. The highest BCUT2D eigenvalue weighted by Crippen LogP contribution is 2.41. The van der Waals surface area contributed by atoms with Gasteiger partial charge in [0, 0.05) is 25.2 Å². The minimum absolute atomic E-state index is 0.0610. The van der Waals surface area contributed by atoms with Crippen molar-refractivity contribution in [1.29, 1.82) is 5.26 Å². The number of carbonyl (C=O) groups is 3. The molecular weight excluding hydrogens is 541 g/mol. The molecule has 2 atom stereocenters. The van der Waals surface area contributed by atoms with Crippen LogP contribution in [0.1, 0.15) is 58.4 Å². The van der Waals surface area contributed by atoms with Crippen LogP contribution in [0.15, 0.2) is 23.1 Å². The molecule has 0 bridgehead atoms. The number of ether oxygens (including phenoxy) is 1. The van der Waals surface area contributed by atoms with Crippen LogP contribution in [0.2, 0.25) is 0 Å². The Morgan fingerprint density at radius 1 is 1.21 bits per heavy atom. The molecule has 0 spiro atoms. The third-order valence-corrected chi connectivity index (χ3v) is 9.11. The number of carbonyl (C=O) groups excluding carboxylic acids is 3. The van der Waals surface area contributed by atoms with E-state index in [1.165, 1.54) is 4.90 Å². The molecule has 1 aliphatic carbocycles. The molecule has 0 aromatic heterocycles. The molecule has 2 aliphatic heterocycles. The molecule has 1 N–H and O–H groups in total. The van der Waals surface area contributed by atoms with Crippen molar-refractivity contribution in [2.75, 3.05) is 18.0 Å². The maximum absolute atomic E-state index is 14.1. The number of anilines is 1. The van der Waals surface area contributed by atoms with Crippen LogP contribution in [0.5, 0.6) is 0 Å². The Hall–Kier alpha value is -3.34. The standard InChI is InChI=1S/C25H29F3N4O6S/c1-23(2,3)38-22(35)32-13-16(12-18(32)21(34)30-24(14-29)8-9-24)39(36,37)19-7-6-15(11-17(19)25(26,27)28)31-10-4-5-20(31)33/h6-7,11,16,18H,4-5,8-10,12-13H2,1-3H3,(H,30,34)/t16-,18+/m1/s1. The van der Waals surface area contributed by atoms with Gasteiger partial charge in [0.05, 0.1) is 21.8 Å². The van der Waals surface area contributed by atoms with Gasteiger partial charge in [-0.15, -0.1) is 0 Å². The molecule has 4 rings (SSSR count). The van der Waals surface area contributed by atoms with Crippen LogP contribution >= 0.6 is 0 Å². The van der Waals surface area contributed by atoms with Crippen LogP contribution in [0.3, 0.4) is 0 Å². The van der Waals surface area contributed by atoms with Crippen molar-refractivity contribution < 1.29 is 40.7 Å². The van der Waals surface area contributed by atoms with E-state index in [0.29, 0.717) is 25.3 Å². The maximum Gasteiger partial charge on any atom is 0.417 e. The topological polar surface area (TPSA) is 137 Å². The molecule has 1 aromatic rings. The smallest absolute Gasteiger partial charge is 0.417 e. The zero-order valence-corrected chi connectivity index (χ0v) is 22.5. The van der Waals surface area contributed by atoms with E-state index >= 15 is 0 Å². The molecule has 0 radical (unpaired) electrons. The largest absolute Gasteiger partial charge is 0.444 e. The van der Waals surface area contributed by atoms with E-state index < -0.39 is 73.9 Å². The number of hydrogen-bond donors (Lipinski definition) is 1. The van der Waals surface area contributed by atoms with E-state index in [2.05, 4.69) is 5.32 Å². The van der Waals surface area contributed by atoms with Gasteiger partial charge in [-0.25, -0.2) is 13.2 Å². The second kappa shape index (κ2) is 9.69. The predicted molar refractivity (Wildman–Crippen MR) is 131 cm³/mol. The maximum atomic E-state index is 14.1. The lowest BCUT2D eigenvalue weighted by Crippen LogP contribution is -2.50. The number of hydrogen-bond acceptors (Lipinski definition) is 7. The highest BCUT2D eigenvalue weighted by Gasteiger charge is 2.52. The van der Waals surface area contributed by atoms with E-state index in [0.717, 1.165) is 17.0 Å². The summed E-state index contributed by atoms with van der Waals surface area (Å²) >= 11 is 0. The first-order valence-electron chi connectivity index (χ1n) is 12.5. The molecule has 1 saturated carbocycles. The molecular formula is C25H29F3N4O6S. The predicted octanol–water partition coefficient (Wildman–Crippen LogP) is 3.16. The number of likely N-dealkylation sites (tertiary alicyclic amines) is 1. The first-order valence-corrected chi connectivity index (χ1v) is 14.0. The molecule has 3 amide bonds. The van der Waals surface area contributed by atoms with Crippen molar-refractivity contribution in [3.63, 3.8) is 0 Å². The van der Waals surface area contributed by atoms with Gasteiger partial charge >= 0.3 is 12.3 Å². The van der Waals surface area contributed by atoms with Crippen LogP contribution in [-0.2, 0) is 30.3 Å². The van der Waals surface area contributed by atoms with Crippen LogP contribution in [0, 0.1) is 11.3 Å². The Balaban J connectivity index is 1.69. The molecule has 0 unspecified atom stereocenters. The summed E-state index contributed by atoms with van der Waals surface area (Å²) in [5.41, 5.74) is -3.60. The first-order chi connectivity index (χ1) is 18.0. The molecule has 212 valence electrons. The third-order valence-electron chi connectivity index (χ3n) is 6.92. The van der Waals surface area contributed by atoms with Crippen LogP contribution in [-0.4, -0.2) is 66.7 Å². The summed E-state index contributed by atoms with van der Waals surface area (Å²) in [6, 6.07) is 3.22. The van der Waals surface area contributed by atoms with Gasteiger partial charge in [-0.2, -0.15) is 18.4 Å². The fourth-order valence-electron chi connectivity index (χ4n) is 4.76. The summed E-state index contributed by atoms with van der Waals surface area (Å²) < 4.78 is 74.9. The van der Waals surface area contributed by atoms with Crippen molar-refractivity contribution in [2.24, 2.45) is 0 Å². The van der Waals surface area contributed by atoms with Crippen LogP contribution in [0.25, 0.3) is 0 Å². The van der Waals surface area contributed by atoms with Gasteiger partial charge in [0.2, 0.25) is 11.8 Å². The number of nitrogens with one attached hydrogen (secondary N) is 1. The van der Waals surface area contributed by atoms with Gasteiger partial charge < -0.3 is 15.0 Å². The molecule has 3 fully saturated rings. The fourth-order valence-corrected chi connectivity index (χ4v) is 6.65. The summed E-state index contributed by atoms with van der Waals surface area (Å²) in [7, 11) is -4.73. The lowest BCUT2D eigenvalue weighted by Gasteiger charge is -2.28. The van der Waals surface area contributed by atoms with Crippen molar-refractivity contribution in [3.05, 3.63) is 23.8 Å². The molecule has 10 nitrogen and oxygen atoms in total. The first kappa shape index (κ1) is 28.7. The molecule has 1 aromatic carbocycles. The van der Waals surface area contributed by atoms with E-state index in [-0.39, 0.29) is 24.6 Å². The molecule has 2 heterocycles. The van der Waals surface area contributed by atoms with Gasteiger partial charge in [-0.1, -0.05) is 0 Å². The van der Waals surface area contributed by atoms with Crippen molar-refractivity contribution in [3.8, 4) is 6.07 Å². The zero-order valence-electron chi connectivity index (χ0n) is 21.7. The number of benzene rings is 1. The normalized spacial score (nSPS) is 22.9. The summed E-state index contributed by atoms with van der Waals surface area (Å²) in [4.78, 5) is 39.1. The quantitative estimate of drug-likeness (QED) is 0.574. The highest BCUT2D eigenvalue weighted by molar-refractivity contribution is 7.92. The Morgan fingerprint density at radius 2 is 1.87 bits per heavy atom. The Labute approximate surface area is 224 Å². The second-order valence-electron chi connectivity index (χ2n) is 11.1. The van der Waals surface area contributed by atoms with Gasteiger partial charge in [0.1, 0.15) is 17.2 Å². The van der Waals surface area contributed by atoms with Crippen LogP contribution < -0.4 is 10.2 Å². The lowest BCUT2D eigenvalue weighted by molar-refractivity contribution is -0.140. The number of rotatable bonds is 5. The van der Waals surface area contributed by atoms with Gasteiger partial charge in [0.25, 0.3) is 0 Å². The number of nitrogens with zero attached hydrogens (tertiary/aromatic N) is 3. The van der Waals surface area contributed by atoms with E-state index in [1.807, 2.05) is 6.07 Å². The van der Waals surface area contributed by atoms with E-state index in [1.54, 1.807) is 20.8 Å². The summed E-state index contributed by atoms with van der Waals surface area (Å²) in [5.74, 6) is -1.14. The summed E-state index contributed by atoms with van der Waals surface area (Å²) in [5, 5.41) is 10.3. The van der Waals surface area contributed by atoms with E-state index in [4.69, 9.17) is 4.74 Å². The zero-order chi connectivity index (χ0) is 29.0.